The Morgan fingerprint density at radius 3 is 3.05 bits per heavy atom. The molecule has 1 atom stereocenters. The third kappa shape index (κ3) is 3.41. The van der Waals surface area contributed by atoms with Crippen LogP contribution in [0.5, 0.6) is 5.75 Å². The summed E-state index contributed by atoms with van der Waals surface area (Å²) >= 11 is 0. The zero-order valence-corrected chi connectivity index (χ0v) is 13.4. The van der Waals surface area contributed by atoms with Crippen LogP contribution in [-0.4, -0.2) is 30.1 Å². The lowest BCUT2D eigenvalue weighted by molar-refractivity contribution is 0.130. The summed E-state index contributed by atoms with van der Waals surface area (Å²) in [5, 5.41) is 0. The van der Waals surface area contributed by atoms with Crippen molar-refractivity contribution in [3.8, 4) is 5.75 Å². The quantitative estimate of drug-likeness (QED) is 0.925. The molecule has 0 saturated carbocycles. The molecule has 116 valence electrons. The SMILES string of the molecule is CC1(C)Cc2cccc(CN3CCCC(CCN)C3)c2O1. The van der Waals surface area contributed by atoms with Crippen molar-refractivity contribution in [2.24, 2.45) is 11.7 Å². The van der Waals surface area contributed by atoms with E-state index >= 15 is 0 Å². The van der Waals surface area contributed by atoms with Gasteiger partial charge in [-0.25, -0.2) is 0 Å². The molecule has 0 aliphatic carbocycles. The highest BCUT2D eigenvalue weighted by Gasteiger charge is 2.32. The predicted octanol–water partition coefficient (Wildman–Crippen LogP) is 2.96. The maximum Gasteiger partial charge on any atom is 0.127 e. The zero-order valence-electron chi connectivity index (χ0n) is 13.4. The Kier molecular flexibility index (Phi) is 4.23. The molecule has 1 aromatic rings. The van der Waals surface area contributed by atoms with Gasteiger partial charge in [-0.3, -0.25) is 4.90 Å². The van der Waals surface area contributed by atoms with Crippen LogP contribution >= 0.6 is 0 Å². The van der Waals surface area contributed by atoms with Crippen LogP contribution in [0.2, 0.25) is 0 Å². The number of likely N-dealkylation sites (tertiary alicyclic amines) is 1. The average Bonchev–Trinajstić information content (AvgIpc) is 2.75. The number of piperidine rings is 1. The molecule has 3 nitrogen and oxygen atoms in total. The van der Waals surface area contributed by atoms with Crippen LogP contribution in [0.25, 0.3) is 0 Å². The third-order valence-electron chi connectivity index (χ3n) is 4.74. The average molecular weight is 288 g/mol. The van der Waals surface area contributed by atoms with Gasteiger partial charge in [0.15, 0.2) is 0 Å². The van der Waals surface area contributed by atoms with Crippen molar-refractivity contribution in [1.82, 2.24) is 4.90 Å². The molecule has 1 aromatic carbocycles. The Hall–Kier alpha value is -1.06. The number of fused-ring (bicyclic) bond motifs is 1. The summed E-state index contributed by atoms with van der Waals surface area (Å²) in [6, 6.07) is 6.62. The van der Waals surface area contributed by atoms with Gasteiger partial charge in [-0.1, -0.05) is 18.2 Å². The van der Waals surface area contributed by atoms with Gasteiger partial charge in [0, 0.05) is 25.1 Å². The van der Waals surface area contributed by atoms with E-state index in [9.17, 15) is 0 Å². The Labute approximate surface area is 128 Å². The fourth-order valence-corrected chi connectivity index (χ4v) is 3.81. The number of hydrogen-bond acceptors (Lipinski definition) is 3. The highest BCUT2D eigenvalue weighted by Crippen LogP contribution is 2.38. The minimum atomic E-state index is -0.0532. The van der Waals surface area contributed by atoms with E-state index in [0.29, 0.717) is 0 Å². The first-order chi connectivity index (χ1) is 10.1. The monoisotopic (exact) mass is 288 g/mol. The van der Waals surface area contributed by atoms with Crippen molar-refractivity contribution in [3.63, 3.8) is 0 Å². The molecule has 0 spiro atoms. The summed E-state index contributed by atoms with van der Waals surface area (Å²) in [5.41, 5.74) is 8.39. The maximum atomic E-state index is 6.19. The van der Waals surface area contributed by atoms with Gasteiger partial charge in [0.05, 0.1) is 0 Å². The molecule has 0 bridgehead atoms. The van der Waals surface area contributed by atoms with Gasteiger partial charge in [0.2, 0.25) is 0 Å². The molecule has 2 heterocycles. The van der Waals surface area contributed by atoms with E-state index in [4.69, 9.17) is 10.5 Å². The molecule has 2 N–H and O–H groups in total. The summed E-state index contributed by atoms with van der Waals surface area (Å²) in [4.78, 5) is 2.58. The van der Waals surface area contributed by atoms with E-state index in [-0.39, 0.29) is 5.60 Å². The number of benzene rings is 1. The lowest BCUT2D eigenvalue weighted by atomic mass is 9.94. The van der Waals surface area contributed by atoms with E-state index in [1.807, 2.05) is 0 Å². The highest BCUT2D eigenvalue weighted by molar-refractivity contribution is 5.45. The maximum absolute atomic E-state index is 6.19. The van der Waals surface area contributed by atoms with Crippen molar-refractivity contribution in [1.29, 1.82) is 0 Å². The second-order valence-electron chi connectivity index (χ2n) is 7.26. The number of nitrogens with two attached hydrogens (primary N) is 1. The minimum Gasteiger partial charge on any atom is -0.487 e. The molecule has 3 rings (SSSR count). The van der Waals surface area contributed by atoms with Crippen LogP contribution in [0.4, 0.5) is 0 Å². The summed E-state index contributed by atoms with van der Waals surface area (Å²) < 4.78 is 6.19. The van der Waals surface area contributed by atoms with Crippen molar-refractivity contribution >= 4 is 0 Å². The van der Waals surface area contributed by atoms with Crippen molar-refractivity contribution in [2.75, 3.05) is 19.6 Å². The molecule has 2 aliphatic heterocycles. The van der Waals surface area contributed by atoms with E-state index in [1.165, 1.54) is 37.1 Å². The number of para-hydroxylation sites is 1. The second kappa shape index (κ2) is 5.98. The fraction of sp³-hybridized carbons (Fsp3) is 0.667. The molecular formula is C18H28N2O. The number of nitrogens with zero attached hydrogens (tertiary/aromatic N) is 1. The molecule has 2 aliphatic rings. The first kappa shape index (κ1) is 14.9. The smallest absolute Gasteiger partial charge is 0.127 e. The van der Waals surface area contributed by atoms with Gasteiger partial charge >= 0.3 is 0 Å². The van der Waals surface area contributed by atoms with Gasteiger partial charge in [-0.15, -0.1) is 0 Å². The lowest BCUT2D eigenvalue weighted by Gasteiger charge is -2.33. The predicted molar refractivity (Wildman–Crippen MR) is 86.5 cm³/mol. The Morgan fingerprint density at radius 1 is 1.38 bits per heavy atom. The summed E-state index contributed by atoms with van der Waals surface area (Å²) in [6.45, 7) is 8.57. The largest absolute Gasteiger partial charge is 0.487 e. The van der Waals surface area contributed by atoms with Crippen LogP contribution in [0.3, 0.4) is 0 Å². The molecule has 0 aromatic heterocycles. The molecule has 1 saturated heterocycles. The number of ether oxygens (including phenoxy) is 1. The molecule has 3 heteroatoms. The molecule has 0 radical (unpaired) electrons. The summed E-state index contributed by atoms with van der Waals surface area (Å²) in [6.07, 6.45) is 4.81. The Morgan fingerprint density at radius 2 is 2.24 bits per heavy atom. The lowest BCUT2D eigenvalue weighted by Crippen LogP contribution is -2.35. The van der Waals surface area contributed by atoms with Crippen LogP contribution in [-0.2, 0) is 13.0 Å². The topological polar surface area (TPSA) is 38.5 Å². The highest BCUT2D eigenvalue weighted by atomic mass is 16.5. The van der Waals surface area contributed by atoms with E-state index in [0.717, 1.165) is 37.6 Å². The van der Waals surface area contributed by atoms with E-state index in [2.05, 4.69) is 36.9 Å². The number of rotatable bonds is 4. The van der Waals surface area contributed by atoms with Gasteiger partial charge in [0.1, 0.15) is 11.4 Å². The van der Waals surface area contributed by atoms with Crippen molar-refractivity contribution in [2.45, 2.75) is 51.7 Å². The van der Waals surface area contributed by atoms with Crippen molar-refractivity contribution < 1.29 is 4.74 Å². The minimum absolute atomic E-state index is 0.0532. The fourth-order valence-electron chi connectivity index (χ4n) is 3.81. The molecule has 0 amide bonds. The van der Waals surface area contributed by atoms with Gasteiger partial charge in [-0.05, 0) is 57.7 Å². The molecule has 1 fully saturated rings. The first-order valence-corrected chi connectivity index (χ1v) is 8.29. The Bertz CT molecular complexity index is 496. The zero-order chi connectivity index (χ0) is 14.9. The normalized spacial score (nSPS) is 24.6. The first-order valence-electron chi connectivity index (χ1n) is 8.29. The Balaban J connectivity index is 1.70. The van der Waals surface area contributed by atoms with Gasteiger partial charge < -0.3 is 10.5 Å². The van der Waals surface area contributed by atoms with Crippen LogP contribution in [0.1, 0.15) is 44.2 Å². The molecular weight excluding hydrogens is 260 g/mol. The van der Waals surface area contributed by atoms with Crippen molar-refractivity contribution in [3.05, 3.63) is 29.3 Å². The standard InChI is InChI=1S/C18H28N2O/c1-18(2)11-15-6-3-7-16(17(15)21-18)13-20-10-4-5-14(12-20)8-9-19/h3,6-7,14H,4-5,8-13,19H2,1-2H3. The van der Waals surface area contributed by atoms with E-state index in [1.54, 1.807) is 0 Å². The summed E-state index contributed by atoms with van der Waals surface area (Å²) in [7, 11) is 0. The van der Waals surface area contributed by atoms with Crippen LogP contribution in [0, 0.1) is 5.92 Å². The molecule has 21 heavy (non-hydrogen) atoms. The van der Waals surface area contributed by atoms with E-state index < -0.39 is 0 Å². The second-order valence-corrected chi connectivity index (χ2v) is 7.26. The van der Waals surface area contributed by atoms with Crippen LogP contribution < -0.4 is 10.5 Å². The van der Waals surface area contributed by atoms with Crippen LogP contribution in [0.15, 0.2) is 18.2 Å². The third-order valence-corrected chi connectivity index (χ3v) is 4.74. The number of hydrogen-bond donors (Lipinski definition) is 1. The summed E-state index contributed by atoms with van der Waals surface area (Å²) in [5.74, 6) is 1.92. The van der Waals surface area contributed by atoms with Gasteiger partial charge in [-0.2, -0.15) is 0 Å². The van der Waals surface area contributed by atoms with Gasteiger partial charge in [0.25, 0.3) is 0 Å². The molecule has 1 unspecified atom stereocenters.